The number of rotatable bonds is 5. The second-order valence-electron chi connectivity index (χ2n) is 6.45. The van der Waals surface area contributed by atoms with Crippen LogP contribution in [0.2, 0.25) is 0 Å². The van der Waals surface area contributed by atoms with E-state index in [4.69, 9.17) is 0 Å². The van der Waals surface area contributed by atoms with Gasteiger partial charge in [0, 0.05) is 32.6 Å². The number of benzene rings is 1. The number of likely N-dealkylation sites (N-methyl/N-ethyl adjacent to an activating group) is 1. The van der Waals surface area contributed by atoms with Crippen molar-refractivity contribution < 1.29 is 13.2 Å². The molecule has 1 aromatic carbocycles. The lowest BCUT2D eigenvalue weighted by molar-refractivity contribution is -0.130. The summed E-state index contributed by atoms with van der Waals surface area (Å²) in [6.07, 6.45) is 1.14. The number of carbonyl (C=O) groups excluding carboxylic acids is 1. The Balaban J connectivity index is 1.89. The van der Waals surface area contributed by atoms with E-state index in [1.807, 2.05) is 24.9 Å². The normalized spacial score (nSPS) is 16.9. The number of nitrogens with one attached hydrogen (secondary N) is 1. The van der Waals surface area contributed by atoms with Gasteiger partial charge in [0.25, 0.3) is 0 Å². The number of aryl methyl sites for hydroxylation is 2. The highest BCUT2D eigenvalue weighted by molar-refractivity contribution is 7.89. The van der Waals surface area contributed by atoms with Gasteiger partial charge in [-0.15, -0.1) is 0 Å². The van der Waals surface area contributed by atoms with Crippen molar-refractivity contribution in [3.05, 3.63) is 29.3 Å². The van der Waals surface area contributed by atoms with E-state index in [-0.39, 0.29) is 23.8 Å². The summed E-state index contributed by atoms with van der Waals surface area (Å²) in [5.41, 5.74) is 1.73. The van der Waals surface area contributed by atoms with Crippen LogP contribution in [0, 0.1) is 13.8 Å². The fourth-order valence-electron chi connectivity index (χ4n) is 2.92. The molecular formula is C17H27N3O3S. The third-order valence-corrected chi connectivity index (χ3v) is 5.94. The summed E-state index contributed by atoms with van der Waals surface area (Å²) >= 11 is 0. The zero-order chi connectivity index (χ0) is 17.7. The van der Waals surface area contributed by atoms with Crippen LogP contribution in [0.1, 0.15) is 24.0 Å². The third-order valence-electron chi connectivity index (χ3n) is 4.32. The lowest BCUT2D eigenvalue weighted by Crippen LogP contribution is -2.37. The minimum absolute atomic E-state index is 0.00799. The van der Waals surface area contributed by atoms with E-state index in [9.17, 15) is 13.2 Å². The number of hydrogen-bond donors (Lipinski definition) is 1. The van der Waals surface area contributed by atoms with Gasteiger partial charge in [-0.05, 0) is 45.5 Å². The van der Waals surface area contributed by atoms with Gasteiger partial charge in [0.15, 0.2) is 0 Å². The van der Waals surface area contributed by atoms with Gasteiger partial charge in [-0.25, -0.2) is 13.1 Å². The highest BCUT2D eigenvalue weighted by Gasteiger charge is 2.20. The predicted molar refractivity (Wildman–Crippen MR) is 94.4 cm³/mol. The average molecular weight is 353 g/mol. The summed E-state index contributed by atoms with van der Waals surface area (Å²) in [7, 11) is -1.53. The van der Waals surface area contributed by atoms with E-state index in [0.29, 0.717) is 12.1 Å². The third kappa shape index (κ3) is 5.03. The molecule has 1 heterocycles. The first-order valence-corrected chi connectivity index (χ1v) is 9.81. The van der Waals surface area contributed by atoms with Crippen LogP contribution in [0.25, 0.3) is 0 Å². The molecule has 6 nitrogen and oxygen atoms in total. The van der Waals surface area contributed by atoms with Crippen molar-refractivity contribution in [3.63, 3.8) is 0 Å². The zero-order valence-electron chi connectivity index (χ0n) is 14.7. The second-order valence-corrected chi connectivity index (χ2v) is 8.19. The van der Waals surface area contributed by atoms with Gasteiger partial charge in [0.2, 0.25) is 15.9 Å². The first-order chi connectivity index (χ1) is 11.3. The molecule has 0 spiro atoms. The number of nitrogens with zero attached hydrogens (tertiary/aromatic N) is 2. The van der Waals surface area contributed by atoms with Gasteiger partial charge < -0.3 is 9.80 Å². The molecule has 1 aliphatic heterocycles. The van der Waals surface area contributed by atoms with Crippen molar-refractivity contribution in [1.82, 2.24) is 14.5 Å². The van der Waals surface area contributed by atoms with Crippen LogP contribution in [0.3, 0.4) is 0 Å². The minimum atomic E-state index is -3.58. The van der Waals surface area contributed by atoms with Crippen LogP contribution in [0.15, 0.2) is 23.1 Å². The molecule has 1 aliphatic rings. The van der Waals surface area contributed by atoms with Crippen LogP contribution >= 0.6 is 0 Å². The largest absolute Gasteiger partial charge is 0.341 e. The fourth-order valence-corrected chi connectivity index (χ4v) is 4.18. The van der Waals surface area contributed by atoms with Gasteiger partial charge in [-0.3, -0.25) is 4.79 Å². The average Bonchev–Trinajstić information content (AvgIpc) is 2.71. The summed E-state index contributed by atoms with van der Waals surface area (Å²) < 4.78 is 27.3. The summed E-state index contributed by atoms with van der Waals surface area (Å²) in [6, 6.07) is 5.23. The van der Waals surface area contributed by atoms with E-state index in [0.717, 1.165) is 31.6 Å². The van der Waals surface area contributed by atoms with Crippen LogP contribution in [0.4, 0.5) is 0 Å². The number of sulfonamides is 1. The lowest BCUT2D eigenvalue weighted by atomic mass is 10.2. The van der Waals surface area contributed by atoms with Gasteiger partial charge in [-0.2, -0.15) is 0 Å². The lowest BCUT2D eigenvalue weighted by Gasteiger charge is -2.20. The Kier molecular flexibility index (Phi) is 6.37. The molecule has 1 saturated heterocycles. The standard InChI is InChI=1S/C17H27N3O3S/c1-14-5-6-16(15(2)13-14)24(22,23)18-8-7-17(21)20-10-4-9-19(3)11-12-20/h5-6,13,18H,4,7-12H2,1-3H3. The monoisotopic (exact) mass is 353 g/mol. The van der Waals surface area contributed by atoms with Crippen LogP contribution in [0.5, 0.6) is 0 Å². The van der Waals surface area contributed by atoms with Gasteiger partial charge in [0.05, 0.1) is 4.90 Å². The van der Waals surface area contributed by atoms with Crippen molar-refractivity contribution in [2.75, 3.05) is 39.8 Å². The molecule has 0 aliphatic carbocycles. The van der Waals surface area contributed by atoms with Crippen molar-refractivity contribution in [2.45, 2.75) is 31.6 Å². The SMILES string of the molecule is Cc1ccc(S(=O)(=O)NCCC(=O)N2CCCN(C)CC2)c(C)c1. The van der Waals surface area contributed by atoms with Crippen molar-refractivity contribution in [2.24, 2.45) is 0 Å². The molecule has 0 radical (unpaired) electrons. The molecule has 0 unspecified atom stereocenters. The van der Waals surface area contributed by atoms with Crippen molar-refractivity contribution in [1.29, 1.82) is 0 Å². The fraction of sp³-hybridized carbons (Fsp3) is 0.588. The van der Waals surface area contributed by atoms with Gasteiger partial charge >= 0.3 is 0 Å². The summed E-state index contributed by atoms with van der Waals surface area (Å²) in [4.78, 5) is 16.6. The maximum atomic E-state index is 12.4. The maximum absolute atomic E-state index is 12.4. The Morgan fingerprint density at radius 3 is 2.62 bits per heavy atom. The molecule has 0 bridgehead atoms. The number of hydrogen-bond acceptors (Lipinski definition) is 4. The van der Waals surface area contributed by atoms with E-state index >= 15 is 0 Å². The molecule has 134 valence electrons. The Hall–Kier alpha value is -1.44. The quantitative estimate of drug-likeness (QED) is 0.862. The Labute approximate surface area is 144 Å². The smallest absolute Gasteiger partial charge is 0.240 e. The molecule has 0 atom stereocenters. The highest BCUT2D eigenvalue weighted by atomic mass is 32.2. The predicted octanol–water partition coefficient (Wildman–Crippen LogP) is 1.14. The Morgan fingerprint density at radius 2 is 1.92 bits per heavy atom. The highest BCUT2D eigenvalue weighted by Crippen LogP contribution is 2.16. The number of amides is 1. The van der Waals surface area contributed by atoms with Crippen LogP contribution in [-0.2, 0) is 14.8 Å². The molecule has 1 amide bonds. The second kappa shape index (κ2) is 8.09. The van der Waals surface area contributed by atoms with E-state index in [1.54, 1.807) is 19.1 Å². The van der Waals surface area contributed by atoms with Crippen LogP contribution < -0.4 is 4.72 Å². The first kappa shape index (κ1) is 18.9. The summed E-state index contributed by atoms with van der Waals surface area (Å²) in [5.74, 6) is 0.00799. The summed E-state index contributed by atoms with van der Waals surface area (Å²) in [5, 5.41) is 0. The molecule has 24 heavy (non-hydrogen) atoms. The van der Waals surface area contributed by atoms with E-state index < -0.39 is 10.0 Å². The van der Waals surface area contributed by atoms with Crippen molar-refractivity contribution >= 4 is 15.9 Å². The topological polar surface area (TPSA) is 69.7 Å². The Morgan fingerprint density at radius 1 is 1.17 bits per heavy atom. The van der Waals surface area contributed by atoms with Crippen molar-refractivity contribution in [3.8, 4) is 0 Å². The minimum Gasteiger partial charge on any atom is -0.341 e. The molecule has 1 fully saturated rings. The van der Waals surface area contributed by atoms with Gasteiger partial charge in [0.1, 0.15) is 0 Å². The zero-order valence-corrected chi connectivity index (χ0v) is 15.5. The molecule has 0 aromatic heterocycles. The molecule has 1 N–H and O–H groups in total. The molecule has 2 rings (SSSR count). The van der Waals surface area contributed by atoms with Crippen LogP contribution in [-0.4, -0.2) is 63.9 Å². The van der Waals surface area contributed by atoms with Gasteiger partial charge in [-0.1, -0.05) is 17.7 Å². The Bertz CT molecular complexity index is 688. The maximum Gasteiger partial charge on any atom is 0.240 e. The molecular weight excluding hydrogens is 326 g/mol. The molecule has 1 aromatic rings. The van der Waals surface area contributed by atoms with E-state index in [2.05, 4.69) is 9.62 Å². The summed E-state index contributed by atoms with van der Waals surface area (Å²) in [6.45, 7) is 7.13. The molecule has 0 saturated carbocycles. The first-order valence-electron chi connectivity index (χ1n) is 8.33. The number of carbonyl (C=O) groups is 1. The van der Waals surface area contributed by atoms with E-state index in [1.165, 1.54) is 0 Å². The molecule has 7 heteroatoms.